The zero-order valence-electron chi connectivity index (χ0n) is 12.4. The van der Waals surface area contributed by atoms with E-state index in [-0.39, 0.29) is 0 Å². The Morgan fingerprint density at radius 3 is 2.73 bits per heavy atom. The quantitative estimate of drug-likeness (QED) is 0.843. The van der Waals surface area contributed by atoms with Gasteiger partial charge in [0, 0.05) is 48.5 Å². The molecular weight excluding hydrogens is 322 g/mol. The summed E-state index contributed by atoms with van der Waals surface area (Å²) >= 11 is 6.03. The second-order valence-corrected chi connectivity index (χ2v) is 7.91. The number of nitrogens with zero attached hydrogens (tertiary/aromatic N) is 3. The highest BCUT2D eigenvalue weighted by atomic mass is 35.5. The van der Waals surface area contributed by atoms with Crippen LogP contribution in [0.15, 0.2) is 30.5 Å². The summed E-state index contributed by atoms with van der Waals surface area (Å²) in [4.78, 5) is 6.58. The molecule has 1 saturated heterocycles. The number of halogens is 1. The predicted octanol–water partition coefficient (Wildman–Crippen LogP) is 2.36. The van der Waals surface area contributed by atoms with Gasteiger partial charge in [-0.3, -0.25) is 4.98 Å². The van der Waals surface area contributed by atoms with E-state index < -0.39 is 10.0 Å². The Hall–Kier alpha value is -1.37. The fourth-order valence-corrected chi connectivity index (χ4v) is 3.89. The third-order valence-corrected chi connectivity index (χ3v) is 5.48. The van der Waals surface area contributed by atoms with Crippen LogP contribution in [0.25, 0.3) is 10.9 Å². The first kappa shape index (κ1) is 15.5. The minimum atomic E-state index is -3.13. The van der Waals surface area contributed by atoms with Crippen LogP contribution in [0.5, 0.6) is 0 Å². The van der Waals surface area contributed by atoms with Gasteiger partial charge in [0.1, 0.15) is 0 Å². The maximum atomic E-state index is 11.7. The van der Waals surface area contributed by atoms with Crippen molar-refractivity contribution >= 4 is 38.2 Å². The van der Waals surface area contributed by atoms with Crippen LogP contribution in [0.4, 0.5) is 5.69 Å². The van der Waals surface area contributed by atoms with Gasteiger partial charge in [-0.25, -0.2) is 12.7 Å². The van der Waals surface area contributed by atoms with Crippen molar-refractivity contribution in [1.82, 2.24) is 9.29 Å². The van der Waals surface area contributed by atoms with Crippen LogP contribution < -0.4 is 4.90 Å². The van der Waals surface area contributed by atoms with Crippen LogP contribution in [-0.2, 0) is 10.0 Å². The fraction of sp³-hybridized carbons (Fsp3) is 0.400. The standard InChI is InChI=1S/C15H18ClN3O2S/c1-22(20,21)19-8-2-7-18(9-10-19)15-5-6-17-14-11-12(16)3-4-13(14)15/h3-6,11H,2,7-10H2,1H3. The molecule has 0 bridgehead atoms. The molecule has 0 saturated carbocycles. The second-order valence-electron chi connectivity index (χ2n) is 5.49. The van der Waals surface area contributed by atoms with Crippen LogP contribution in [-0.4, -0.2) is 50.1 Å². The van der Waals surface area contributed by atoms with E-state index in [1.807, 2.05) is 24.3 Å². The normalized spacial score (nSPS) is 17.6. The lowest BCUT2D eigenvalue weighted by molar-refractivity contribution is 0.437. The summed E-state index contributed by atoms with van der Waals surface area (Å²) in [6, 6.07) is 7.66. The van der Waals surface area contributed by atoms with E-state index in [2.05, 4.69) is 9.88 Å². The molecule has 1 fully saturated rings. The molecule has 3 rings (SSSR count). The lowest BCUT2D eigenvalue weighted by atomic mass is 10.1. The molecular formula is C15H18ClN3O2S. The molecule has 0 aliphatic carbocycles. The molecule has 5 nitrogen and oxygen atoms in total. The van der Waals surface area contributed by atoms with Gasteiger partial charge in [0.05, 0.1) is 11.8 Å². The number of hydrogen-bond donors (Lipinski definition) is 0. The summed E-state index contributed by atoms with van der Waals surface area (Å²) < 4.78 is 25.0. The van der Waals surface area contributed by atoms with Gasteiger partial charge in [-0.15, -0.1) is 0 Å². The van der Waals surface area contributed by atoms with Gasteiger partial charge in [0.25, 0.3) is 0 Å². The maximum absolute atomic E-state index is 11.7. The Labute approximate surface area is 135 Å². The van der Waals surface area contributed by atoms with Gasteiger partial charge in [-0.05, 0) is 30.7 Å². The molecule has 0 radical (unpaired) electrons. The lowest BCUT2D eigenvalue weighted by Crippen LogP contribution is -2.34. The molecule has 0 spiro atoms. The van der Waals surface area contributed by atoms with Gasteiger partial charge in [-0.2, -0.15) is 0 Å². The Kier molecular flexibility index (Phi) is 4.25. The van der Waals surface area contributed by atoms with Crippen molar-refractivity contribution in [3.05, 3.63) is 35.5 Å². The third-order valence-electron chi connectivity index (χ3n) is 3.95. The first-order valence-corrected chi connectivity index (χ1v) is 9.42. The highest BCUT2D eigenvalue weighted by Crippen LogP contribution is 2.28. The van der Waals surface area contributed by atoms with Crippen molar-refractivity contribution in [2.45, 2.75) is 6.42 Å². The number of fused-ring (bicyclic) bond motifs is 1. The molecule has 1 aliphatic rings. The van der Waals surface area contributed by atoms with Crippen molar-refractivity contribution in [2.75, 3.05) is 37.3 Å². The topological polar surface area (TPSA) is 53.5 Å². The largest absolute Gasteiger partial charge is 0.370 e. The Bertz CT molecular complexity index is 794. The number of benzene rings is 1. The Morgan fingerprint density at radius 1 is 1.14 bits per heavy atom. The molecule has 0 N–H and O–H groups in total. The molecule has 7 heteroatoms. The lowest BCUT2D eigenvalue weighted by Gasteiger charge is -2.24. The third kappa shape index (κ3) is 3.19. The molecule has 118 valence electrons. The van der Waals surface area contributed by atoms with Crippen molar-refractivity contribution in [1.29, 1.82) is 0 Å². The number of pyridine rings is 1. The predicted molar refractivity (Wildman–Crippen MR) is 90.0 cm³/mol. The number of sulfonamides is 1. The molecule has 2 heterocycles. The van der Waals surface area contributed by atoms with E-state index in [4.69, 9.17) is 11.6 Å². The molecule has 0 atom stereocenters. The van der Waals surface area contributed by atoms with Gasteiger partial charge < -0.3 is 4.90 Å². The first-order valence-electron chi connectivity index (χ1n) is 7.19. The van der Waals surface area contributed by atoms with E-state index in [1.54, 1.807) is 10.5 Å². The van der Waals surface area contributed by atoms with E-state index in [9.17, 15) is 8.42 Å². The van der Waals surface area contributed by atoms with Crippen LogP contribution in [0, 0.1) is 0 Å². The SMILES string of the molecule is CS(=O)(=O)N1CCCN(c2ccnc3cc(Cl)ccc23)CC1. The van der Waals surface area contributed by atoms with E-state index in [0.717, 1.165) is 29.6 Å². The van der Waals surface area contributed by atoms with Crippen LogP contribution in [0.3, 0.4) is 0 Å². The monoisotopic (exact) mass is 339 g/mol. The minimum Gasteiger partial charge on any atom is -0.370 e. The number of aromatic nitrogens is 1. The average molecular weight is 340 g/mol. The van der Waals surface area contributed by atoms with Crippen molar-refractivity contribution in [3.63, 3.8) is 0 Å². The molecule has 22 heavy (non-hydrogen) atoms. The van der Waals surface area contributed by atoms with Crippen molar-refractivity contribution < 1.29 is 8.42 Å². The first-order chi connectivity index (χ1) is 10.4. The van der Waals surface area contributed by atoms with Gasteiger partial charge in [-0.1, -0.05) is 11.6 Å². The summed E-state index contributed by atoms with van der Waals surface area (Å²) in [6.45, 7) is 2.59. The molecule has 1 aromatic heterocycles. The zero-order valence-corrected chi connectivity index (χ0v) is 13.9. The van der Waals surface area contributed by atoms with Crippen LogP contribution in [0.1, 0.15) is 6.42 Å². The van der Waals surface area contributed by atoms with E-state index in [1.165, 1.54) is 6.26 Å². The second kappa shape index (κ2) is 6.02. The van der Waals surface area contributed by atoms with Crippen molar-refractivity contribution in [3.8, 4) is 0 Å². The Balaban J connectivity index is 1.92. The van der Waals surface area contributed by atoms with Gasteiger partial charge >= 0.3 is 0 Å². The highest BCUT2D eigenvalue weighted by Gasteiger charge is 2.22. The summed E-state index contributed by atoms with van der Waals surface area (Å²) in [6.07, 6.45) is 3.85. The molecule has 0 amide bonds. The van der Waals surface area contributed by atoms with Gasteiger partial charge in [0.15, 0.2) is 0 Å². The van der Waals surface area contributed by atoms with Crippen molar-refractivity contribution in [2.24, 2.45) is 0 Å². The fourth-order valence-electron chi connectivity index (χ4n) is 2.85. The number of hydrogen-bond acceptors (Lipinski definition) is 4. The molecule has 2 aromatic rings. The highest BCUT2D eigenvalue weighted by molar-refractivity contribution is 7.88. The summed E-state index contributed by atoms with van der Waals surface area (Å²) in [5, 5.41) is 1.70. The smallest absolute Gasteiger partial charge is 0.211 e. The minimum absolute atomic E-state index is 0.510. The molecule has 1 aliphatic heterocycles. The summed E-state index contributed by atoms with van der Waals surface area (Å²) in [5.41, 5.74) is 1.94. The molecule has 0 unspecified atom stereocenters. The zero-order chi connectivity index (χ0) is 15.7. The van der Waals surface area contributed by atoms with E-state index >= 15 is 0 Å². The van der Waals surface area contributed by atoms with E-state index in [0.29, 0.717) is 24.7 Å². The van der Waals surface area contributed by atoms with Crippen LogP contribution in [0.2, 0.25) is 5.02 Å². The number of rotatable bonds is 2. The summed E-state index contributed by atoms with van der Waals surface area (Å²) in [5.74, 6) is 0. The van der Waals surface area contributed by atoms with Gasteiger partial charge in [0.2, 0.25) is 10.0 Å². The number of anilines is 1. The molecule has 1 aromatic carbocycles. The average Bonchev–Trinajstić information content (AvgIpc) is 2.71. The summed E-state index contributed by atoms with van der Waals surface area (Å²) in [7, 11) is -3.13. The maximum Gasteiger partial charge on any atom is 0.211 e. The van der Waals surface area contributed by atoms with Crippen LogP contribution >= 0.6 is 11.6 Å². The Morgan fingerprint density at radius 2 is 1.95 bits per heavy atom.